The zero-order chi connectivity index (χ0) is 20.6. The lowest BCUT2D eigenvalue weighted by Gasteiger charge is -2.63. The molecule has 6 heteroatoms. The number of hydrogen-bond acceptors (Lipinski definition) is 4. The Bertz CT molecular complexity index is 879. The van der Waals surface area contributed by atoms with Crippen LogP contribution in [0.4, 0.5) is 0 Å². The maximum absolute atomic E-state index is 13.5. The molecule has 1 saturated heterocycles. The van der Waals surface area contributed by atoms with Crippen molar-refractivity contribution in [3.63, 3.8) is 0 Å². The van der Waals surface area contributed by atoms with Gasteiger partial charge in [-0.1, -0.05) is 76.7 Å². The third-order valence-electron chi connectivity index (χ3n) is 6.64. The fourth-order valence-corrected chi connectivity index (χ4v) is 6.23. The van der Waals surface area contributed by atoms with Crippen molar-refractivity contribution in [3.8, 4) is 0 Å². The second kappa shape index (κ2) is 8.53. The second-order valence-electron chi connectivity index (χ2n) is 8.12. The van der Waals surface area contributed by atoms with Crippen molar-refractivity contribution in [2.75, 3.05) is 18.1 Å². The molecule has 0 bridgehead atoms. The van der Waals surface area contributed by atoms with E-state index in [1.807, 2.05) is 48.5 Å². The normalized spacial score (nSPS) is 27.9. The highest BCUT2D eigenvalue weighted by molar-refractivity contribution is 14.1. The summed E-state index contributed by atoms with van der Waals surface area (Å²) < 4.78 is 7.08. The van der Waals surface area contributed by atoms with Gasteiger partial charge in [-0.05, 0) is 36.7 Å². The van der Waals surface area contributed by atoms with Crippen LogP contribution < -0.4 is 0 Å². The van der Waals surface area contributed by atoms with Crippen LogP contribution in [0.5, 0.6) is 0 Å². The molecular weight excluding hydrogens is 501 g/mol. The minimum atomic E-state index is -1.15. The highest BCUT2D eigenvalue weighted by atomic mass is 127. The first kappa shape index (κ1) is 21.1. The summed E-state index contributed by atoms with van der Waals surface area (Å²) in [5.41, 5.74) is 0.513. The van der Waals surface area contributed by atoms with Gasteiger partial charge < -0.3 is 9.84 Å². The van der Waals surface area contributed by atoms with Crippen LogP contribution in [-0.2, 0) is 21.4 Å². The third-order valence-corrected chi connectivity index (χ3v) is 7.77. The lowest BCUT2D eigenvalue weighted by atomic mass is 9.63. The van der Waals surface area contributed by atoms with Gasteiger partial charge >= 0.3 is 5.97 Å². The van der Waals surface area contributed by atoms with Crippen molar-refractivity contribution in [2.24, 2.45) is 5.92 Å². The molecule has 1 aliphatic carbocycles. The zero-order valence-corrected chi connectivity index (χ0v) is 19.2. The summed E-state index contributed by atoms with van der Waals surface area (Å²) in [6, 6.07) is 17.9. The number of aliphatic hydroxyl groups is 1. The van der Waals surface area contributed by atoms with Crippen LogP contribution in [-0.4, -0.2) is 52.2 Å². The number of likely N-dealkylation sites (tertiary alicyclic amines) is 1. The molecular formula is C23H25ClINO3. The van der Waals surface area contributed by atoms with Gasteiger partial charge in [0, 0.05) is 33.9 Å². The molecule has 0 aromatic heterocycles. The number of ether oxygens (including phenoxy) is 1. The van der Waals surface area contributed by atoms with E-state index in [0.717, 1.165) is 22.0 Å². The van der Waals surface area contributed by atoms with E-state index in [9.17, 15) is 9.90 Å². The SMILES string of the molecule is CN1C(CI)C2C(OC(=O)C(CO)(Cc3cccc(Cl)c3)c3ccccc3)CC21. The standard InChI is InChI=1S/C23H25ClINO3/c1-26-18-11-20(21(18)19(26)13-25)29-22(28)23(14-27,16-7-3-2-4-8-16)12-15-6-5-9-17(24)10-15/h2-10,18-21,27H,11-14H2,1H3. The summed E-state index contributed by atoms with van der Waals surface area (Å²) in [6.45, 7) is -0.321. The Morgan fingerprint density at radius 1 is 1.28 bits per heavy atom. The molecule has 2 aliphatic rings. The molecule has 1 saturated carbocycles. The summed E-state index contributed by atoms with van der Waals surface area (Å²) in [4.78, 5) is 15.9. The molecule has 0 spiro atoms. The van der Waals surface area contributed by atoms with Crippen molar-refractivity contribution in [1.29, 1.82) is 0 Å². The molecule has 0 amide bonds. The Balaban J connectivity index is 1.61. The predicted molar refractivity (Wildman–Crippen MR) is 123 cm³/mol. The van der Waals surface area contributed by atoms with Crippen molar-refractivity contribution in [1.82, 2.24) is 4.90 Å². The second-order valence-corrected chi connectivity index (χ2v) is 9.44. The van der Waals surface area contributed by atoms with Gasteiger partial charge in [0.15, 0.2) is 0 Å². The number of alkyl halides is 1. The monoisotopic (exact) mass is 525 g/mol. The summed E-state index contributed by atoms with van der Waals surface area (Å²) in [5, 5.41) is 11.1. The van der Waals surface area contributed by atoms with Gasteiger partial charge in [-0.3, -0.25) is 9.69 Å². The lowest BCUT2D eigenvalue weighted by Crippen LogP contribution is -2.74. The number of hydrogen-bond donors (Lipinski definition) is 1. The van der Waals surface area contributed by atoms with E-state index in [4.69, 9.17) is 16.3 Å². The molecule has 5 atom stereocenters. The molecule has 1 N–H and O–H groups in total. The van der Waals surface area contributed by atoms with Crippen LogP contribution in [0, 0.1) is 5.92 Å². The molecule has 154 valence electrons. The fraction of sp³-hybridized carbons (Fsp3) is 0.435. The minimum Gasteiger partial charge on any atom is -0.461 e. The number of halogens is 2. The van der Waals surface area contributed by atoms with E-state index in [-0.39, 0.29) is 18.7 Å². The Hall–Kier alpha value is -1.15. The first-order chi connectivity index (χ1) is 14.0. The zero-order valence-electron chi connectivity index (χ0n) is 16.3. The topological polar surface area (TPSA) is 49.8 Å². The Morgan fingerprint density at radius 3 is 2.69 bits per heavy atom. The quantitative estimate of drug-likeness (QED) is 0.339. The Kier molecular flexibility index (Phi) is 6.21. The molecule has 0 radical (unpaired) electrons. The van der Waals surface area contributed by atoms with Gasteiger partial charge in [-0.25, -0.2) is 0 Å². The first-order valence-corrected chi connectivity index (χ1v) is 11.8. The van der Waals surface area contributed by atoms with E-state index in [0.29, 0.717) is 29.4 Å². The number of esters is 1. The largest absolute Gasteiger partial charge is 0.461 e. The number of fused-ring (bicyclic) bond motifs is 1. The third kappa shape index (κ3) is 3.71. The highest BCUT2D eigenvalue weighted by Crippen LogP contribution is 2.49. The van der Waals surface area contributed by atoms with E-state index in [2.05, 4.69) is 34.5 Å². The van der Waals surface area contributed by atoms with Crippen LogP contribution in [0.15, 0.2) is 54.6 Å². The molecule has 5 unspecified atom stereocenters. The van der Waals surface area contributed by atoms with Gasteiger partial charge in [0.25, 0.3) is 0 Å². The maximum atomic E-state index is 13.5. The number of rotatable bonds is 7. The van der Waals surface area contributed by atoms with E-state index >= 15 is 0 Å². The summed E-state index contributed by atoms with van der Waals surface area (Å²) >= 11 is 8.56. The number of nitrogens with zero attached hydrogens (tertiary/aromatic N) is 1. The number of carbonyl (C=O) groups is 1. The van der Waals surface area contributed by atoms with Crippen LogP contribution in [0.25, 0.3) is 0 Å². The van der Waals surface area contributed by atoms with Crippen molar-refractivity contribution in [2.45, 2.75) is 36.4 Å². The average molecular weight is 526 g/mol. The minimum absolute atomic E-state index is 0.0718. The summed E-state index contributed by atoms with van der Waals surface area (Å²) in [7, 11) is 2.14. The first-order valence-electron chi connectivity index (χ1n) is 9.90. The molecule has 2 aromatic rings. The van der Waals surface area contributed by atoms with Crippen LogP contribution in [0.2, 0.25) is 5.02 Å². The molecule has 4 rings (SSSR count). The van der Waals surface area contributed by atoms with Crippen molar-refractivity contribution in [3.05, 3.63) is 70.7 Å². The fourth-order valence-electron chi connectivity index (χ4n) is 4.81. The average Bonchev–Trinajstić information content (AvgIpc) is 2.72. The van der Waals surface area contributed by atoms with Crippen molar-refractivity contribution < 1.29 is 14.6 Å². The molecule has 2 fully saturated rings. The number of benzene rings is 2. The van der Waals surface area contributed by atoms with Crippen LogP contribution >= 0.6 is 34.2 Å². The Labute approximate surface area is 190 Å². The van der Waals surface area contributed by atoms with Gasteiger partial charge in [0.1, 0.15) is 11.5 Å². The van der Waals surface area contributed by atoms with Gasteiger partial charge in [0.05, 0.1) is 6.61 Å². The van der Waals surface area contributed by atoms with Gasteiger partial charge in [-0.2, -0.15) is 0 Å². The van der Waals surface area contributed by atoms with E-state index in [1.54, 1.807) is 6.07 Å². The van der Waals surface area contributed by atoms with E-state index in [1.165, 1.54) is 0 Å². The molecule has 1 heterocycles. The lowest BCUT2D eigenvalue weighted by molar-refractivity contribution is -0.207. The molecule has 1 aliphatic heterocycles. The summed E-state index contributed by atoms with van der Waals surface area (Å²) in [6.07, 6.45) is 1.13. The van der Waals surface area contributed by atoms with Crippen LogP contribution in [0.3, 0.4) is 0 Å². The number of aliphatic hydroxyl groups excluding tert-OH is 1. The van der Waals surface area contributed by atoms with E-state index < -0.39 is 5.41 Å². The molecule has 4 nitrogen and oxygen atoms in total. The van der Waals surface area contributed by atoms with Gasteiger partial charge in [-0.15, -0.1) is 0 Å². The molecule has 2 aromatic carbocycles. The maximum Gasteiger partial charge on any atom is 0.319 e. The Morgan fingerprint density at radius 2 is 2.03 bits per heavy atom. The smallest absolute Gasteiger partial charge is 0.319 e. The highest BCUT2D eigenvalue weighted by Gasteiger charge is 2.60. The summed E-state index contributed by atoms with van der Waals surface area (Å²) in [5.74, 6) is 0.0515. The van der Waals surface area contributed by atoms with Crippen LogP contribution in [0.1, 0.15) is 17.5 Å². The predicted octanol–water partition coefficient (Wildman–Crippen LogP) is 3.86. The number of carbonyl (C=O) groups excluding carboxylic acids is 1. The number of piperidine rings is 1. The molecule has 29 heavy (non-hydrogen) atoms. The van der Waals surface area contributed by atoms with Gasteiger partial charge in [0.2, 0.25) is 0 Å². The van der Waals surface area contributed by atoms with Crippen molar-refractivity contribution >= 4 is 40.2 Å².